The molecule has 0 bridgehead atoms. The van der Waals surface area contributed by atoms with Crippen molar-refractivity contribution in [2.45, 2.75) is 19.8 Å². The van der Waals surface area contributed by atoms with E-state index in [0.717, 1.165) is 18.4 Å². The number of nitrogens with zero attached hydrogens (tertiary/aromatic N) is 1. The van der Waals surface area contributed by atoms with Gasteiger partial charge in [-0.05, 0) is 30.2 Å². The molecule has 0 aliphatic carbocycles. The largest absolute Gasteiger partial charge is 0.449 e. The van der Waals surface area contributed by atoms with Crippen molar-refractivity contribution in [3.05, 3.63) is 65.9 Å². The molecule has 26 heavy (non-hydrogen) atoms. The fourth-order valence-corrected chi connectivity index (χ4v) is 2.72. The SMILES string of the molecule is CCCCNC(=O)CN1C(=O)/C(=C\c2ccccc2)Oc2ccccc21. The molecule has 2 aromatic carbocycles. The van der Waals surface area contributed by atoms with Gasteiger partial charge in [0, 0.05) is 6.54 Å². The molecular formula is C21H22N2O3. The van der Waals surface area contributed by atoms with Gasteiger partial charge in [-0.15, -0.1) is 0 Å². The summed E-state index contributed by atoms with van der Waals surface area (Å²) in [5.41, 5.74) is 1.47. The summed E-state index contributed by atoms with van der Waals surface area (Å²) < 4.78 is 5.80. The first-order chi connectivity index (χ1) is 12.7. The van der Waals surface area contributed by atoms with Crippen molar-refractivity contribution in [2.24, 2.45) is 0 Å². The summed E-state index contributed by atoms with van der Waals surface area (Å²) in [5, 5.41) is 2.85. The maximum Gasteiger partial charge on any atom is 0.294 e. The lowest BCUT2D eigenvalue weighted by Gasteiger charge is -2.30. The molecular weight excluding hydrogens is 328 g/mol. The zero-order chi connectivity index (χ0) is 18.4. The number of amides is 2. The fourth-order valence-electron chi connectivity index (χ4n) is 2.72. The molecule has 5 nitrogen and oxygen atoms in total. The lowest BCUT2D eigenvalue weighted by Crippen LogP contribution is -2.44. The van der Waals surface area contributed by atoms with Crippen molar-refractivity contribution >= 4 is 23.6 Å². The Balaban J connectivity index is 1.86. The molecule has 134 valence electrons. The summed E-state index contributed by atoms with van der Waals surface area (Å²) in [7, 11) is 0. The van der Waals surface area contributed by atoms with Crippen LogP contribution >= 0.6 is 0 Å². The van der Waals surface area contributed by atoms with Crippen molar-refractivity contribution in [1.29, 1.82) is 0 Å². The minimum absolute atomic E-state index is 0.0327. The Morgan fingerprint density at radius 3 is 2.62 bits per heavy atom. The van der Waals surface area contributed by atoms with E-state index in [1.54, 1.807) is 18.2 Å². The second-order valence-electron chi connectivity index (χ2n) is 6.08. The molecule has 3 rings (SSSR count). The zero-order valence-corrected chi connectivity index (χ0v) is 14.8. The molecule has 1 aliphatic rings. The third kappa shape index (κ3) is 4.11. The zero-order valence-electron chi connectivity index (χ0n) is 14.8. The van der Waals surface area contributed by atoms with Gasteiger partial charge in [0.25, 0.3) is 5.91 Å². The first kappa shape index (κ1) is 17.7. The summed E-state index contributed by atoms with van der Waals surface area (Å²) >= 11 is 0. The highest BCUT2D eigenvalue weighted by Gasteiger charge is 2.31. The molecule has 2 amide bonds. The van der Waals surface area contributed by atoms with Crippen LogP contribution in [0.15, 0.2) is 60.4 Å². The maximum atomic E-state index is 12.9. The highest BCUT2D eigenvalue weighted by atomic mass is 16.5. The molecule has 1 N–H and O–H groups in total. The monoisotopic (exact) mass is 350 g/mol. The van der Waals surface area contributed by atoms with Crippen LogP contribution in [0, 0.1) is 0 Å². The number of para-hydroxylation sites is 2. The summed E-state index contributed by atoms with van der Waals surface area (Å²) in [4.78, 5) is 26.6. The molecule has 1 heterocycles. The van der Waals surface area contributed by atoms with E-state index in [9.17, 15) is 9.59 Å². The van der Waals surface area contributed by atoms with Crippen LogP contribution in [0.3, 0.4) is 0 Å². The molecule has 1 aliphatic heterocycles. The normalized spacial score (nSPS) is 14.7. The van der Waals surface area contributed by atoms with E-state index >= 15 is 0 Å². The van der Waals surface area contributed by atoms with Gasteiger partial charge < -0.3 is 10.1 Å². The molecule has 0 atom stereocenters. The lowest BCUT2D eigenvalue weighted by molar-refractivity contribution is -0.123. The van der Waals surface area contributed by atoms with Crippen LogP contribution in [0.4, 0.5) is 5.69 Å². The number of rotatable bonds is 6. The maximum absolute atomic E-state index is 12.9. The predicted molar refractivity (Wildman–Crippen MR) is 102 cm³/mol. The molecule has 0 radical (unpaired) electrons. The topological polar surface area (TPSA) is 58.6 Å². The number of nitrogens with one attached hydrogen (secondary N) is 1. The number of unbranched alkanes of at least 4 members (excludes halogenated alkanes) is 1. The van der Waals surface area contributed by atoms with Crippen molar-refractivity contribution in [3.63, 3.8) is 0 Å². The molecule has 5 heteroatoms. The molecule has 0 saturated carbocycles. The van der Waals surface area contributed by atoms with Gasteiger partial charge in [0.05, 0.1) is 5.69 Å². The van der Waals surface area contributed by atoms with Gasteiger partial charge in [0.2, 0.25) is 5.91 Å². The highest BCUT2D eigenvalue weighted by Crippen LogP contribution is 2.35. The molecule has 0 aromatic heterocycles. The van der Waals surface area contributed by atoms with Gasteiger partial charge in [-0.25, -0.2) is 0 Å². The van der Waals surface area contributed by atoms with E-state index in [0.29, 0.717) is 18.0 Å². The minimum Gasteiger partial charge on any atom is -0.449 e. The van der Waals surface area contributed by atoms with E-state index in [-0.39, 0.29) is 24.1 Å². The summed E-state index contributed by atoms with van der Waals surface area (Å²) in [6.45, 7) is 2.64. The second-order valence-corrected chi connectivity index (χ2v) is 6.08. The molecule has 0 fully saturated rings. The van der Waals surface area contributed by atoms with Crippen molar-refractivity contribution in [1.82, 2.24) is 5.32 Å². The van der Waals surface area contributed by atoms with Crippen molar-refractivity contribution in [2.75, 3.05) is 18.0 Å². The van der Waals surface area contributed by atoms with Crippen LogP contribution in [0.5, 0.6) is 5.75 Å². The first-order valence-corrected chi connectivity index (χ1v) is 8.81. The van der Waals surface area contributed by atoms with Gasteiger partial charge in [-0.3, -0.25) is 14.5 Å². The van der Waals surface area contributed by atoms with E-state index in [1.165, 1.54) is 4.90 Å². The van der Waals surface area contributed by atoms with Gasteiger partial charge >= 0.3 is 0 Å². The Kier molecular flexibility index (Phi) is 5.69. The average molecular weight is 350 g/mol. The average Bonchev–Trinajstić information content (AvgIpc) is 2.66. The minimum atomic E-state index is -0.321. The Labute approximate surface area is 153 Å². The predicted octanol–water partition coefficient (Wildman–Crippen LogP) is 3.37. The number of benzene rings is 2. The number of hydrogen-bond donors (Lipinski definition) is 1. The quantitative estimate of drug-likeness (QED) is 0.642. The van der Waals surface area contributed by atoms with Crippen LogP contribution in [0.2, 0.25) is 0 Å². The van der Waals surface area contributed by atoms with E-state index in [1.807, 2.05) is 42.5 Å². The Morgan fingerprint density at radius 1 is 1.12 bits per heavy atom. The first-order valence-electron chi connectivity index (χ1n) is 8.81. The van der Waals surface area contributed by atoms with Gasteiger partial charge in [-0.2, -0.15) is 0 Å². The highest BCUT2D eigenvalue weighted by molar-refractivity contribution is 6.12. The second kappa shape index (κ2) is 8.34. The third-order valence-corrected chi connectivity index (χ3v) is 4.08. The van der Waals surface area contributed by atoms with E-state index in [2.05, 4.69) is 12.2 Å². The van der Waals surface area contributed by atoms with Crippen molar-refractivity contribution < 1.29 is 14.3 Å². The molecule has 2 aromatic rings. The number of ether oxygens (including phenoxy) is 1. The van der Waals surface area contributed by atoms with Crippen molar-refractivity contribution in [3.8, 4) is 5.75 Å². The van der Waals surface area contributed by atoms with Crippen LogP contribution in [-0.2, 0) is 9.59 Å². The Morgan fingerprint density at radius 2 is 1.85 bits per heavy atom. The Bertz CT molecular complexity index is 815. The standard InChI is InChI=1S/C21H22N2O3/c1-2-3-13-22-20(24)15-23-17-11-7-8-12-18(17)26-19(21(23)25)14-16-9-5-4-6-10-16/h4-12,14H,2-3,13,15H2,1H3,(H,22,24)/b19-14+. The summed E-state index contributed by atoms with van der Waals surface area (Å²) in [6.07, 6.45) is 3.61. The van der Waals surface area contributed by atoms with Crippen LogP contribution in [0.25, 0.3) is 6.08 Å². The van der Waals surface area contributed by atoms with Crippen LogP contribution in [0.1, 0.15) is 25.3 Å². The number of anilines is 1. The Hall–Kier alpha value is -3.08. The van der Waals surface area contributed by atoms with E-state index in [4.69, 9.17) is 4.74 Å². The molecule has 0 saturated heterocycles. The van der Waals surface area contributed by atoms with Gasteiger partial charge in [0.15, 0.2) is 11.5 Å². The van der Waals surface area contributed by atoms with Gasteiger partial charge in [0.1, 0.15) is 6.54 Å². The lowest BCUT2D eigenvalue weighted by atomic mass is 10.1. The number of fused-ring (bicyclic) bond motifs is 1. The number of carbonyl (C=O) groups is 2. The van der Waals surface area contributed by atoms with Crippen LogP contribution < -0.4 is 15.0 Å². The molecule has 0 spiro atoms. The molecule has 0 unspecified atom stereocenters. The third-order valence-electron chi connectivity index (χ3n) is 4.08. The fraction of sp³-hybridized carbons (Fsp3) is 0.238. The van der Waals surface area contributed by atoms with Crippen LogP contribution in [-0.4, -0.2) is 24.9 Å². The number of carbonyl (C=O) groups excluding carboxylic acids is 2. The van der Waals surface area contributed by atoms with Gasteiger partial charge in [-0.1, -0.05) is 55.8 Å². The van der Waals surface area contributed by atoms with E-state index < -0.39 is 0 Å². The summed E-state index contributed by atoms with van der Waals surface area (Å²) in [6, 6.07) is 16.7. The smallest absolute Gasteiger partial charge is 0.294 e. The summed E-state index contributed by atoms with van der Waals surface area (Å²) in [5.74, 6) is 0.271. The number of hydrogen-bond acceptors (Lipinski definition) is 3.